The summed E-state index contributed by atoms with van der Waals surface area (Å²) in [6, 6.07) is 15.7. The summed E-state index contributed by atoms with van der Waals surface area (Å²) in [6.07, 6.45) is 1.36. The number of carbonyl (C=O) groups is 3. The summed E-state index contributed by atoms with van der Waals surface area (Å²) in [5.74, 6) is -1.60. The van der Waals surface area contributed by atoms with E-state index in [1.54, 1.807) is 42.5 Å². The highest BCUT2D eigenvalue weighted by atomic mass is 35.5. The zero-order valence-electron chi connectivity index (χ0n) is 16.8. The van der Waals surface area contributed by atoms with E-state index in [0.717, 1.165) is 22.6 Å². The summed E-state index contributed by atoms with van der Waals surface area (Å²) in [5, 5.41) is 3.14. The van der Waals surface area contributed by atoms with E-state index < -0.39 is 23.7 Å². The van der Waals surface area contributed by atoms with Crippen LogP contribution in [0.5, 0.6) is 5.75 Å². The number of anilines is 1. The Morgan fingerprint density at radius 3 is 2.30 bits per heavy atom. The maximum atomic E-state index is 13.2. The van der Waals surface area contributed by atoms with Gasteiger partial charge in [-0.1, -0.05) is 41.4 Å². The second-order valence-electron chi connectivity index (χ2n) is 7.03. The number of rotatable bonds is 5. The predicted molar refractivity (Wildman–Crippen MR) is 123 cm³/mol. The lowest BCUT2D eigenvalue weighted by Crippen LogP contribution is -2.54. The van der Waals surface area contributed by atoms with Gasteiger partial charge in [0.2, 0.25) is 0 Å². The van der Waals surface area contributed by atoms with Crippen molar-refractivity contribution in [1.82, 2.24) is 5.32 Å². The molecule has 1 saturated heterocycles. The Morgan fingerprint density at radius 2 is 1.64 bits per heavy atom. The lowest BCUT2D eigenvalue weighted by atomic mass is 10.1. The van der Waals surface area contributed by atoms with E-state index in [2.05, 4.69) is 5.32 Å². The van der Waals surface area contributed by atoms with Crippen molar-refractivity contribution in [2.24, 2.45) is 0 Å². The van der Waals surface area contributed by atoms with Gasteiger partial charge in [0.15, 0.2) is 0 Å². The van der Waals surface area contributed by atoms with Gasteiger partial charge in [-0.25, -0.2) is 14.1 Å². The SMILES string of the molecule is O=C1NC(=O)N(c2ccc(F)cc2)C(=O)/C1=C/c1ccc(OCc2ccc(Cl)cc2Cl)cc1. The summed E-state index contributed by atoms with van der Waals surface area (Å²) in [4.78, 5) is 38.1. The molecule has 0 unspecified atom stereocenters. The van der Waals surface area contributed by atoms with Crippen molar-refractivity contribution >= 4 is 52.8 Å². The predicted octanol–water partition coefficient (Wildman–Crippen LogP) is 5.38. The van der Waals surface area contributed by atoms with Crippen LogP contribution in [-0.4, -0.2) is 17.8 Å². The molecule has 0 bridgehead atoms. The van der Waals surface area contributed by atoms with E-state index in [0.29, 0.717) is 21.4 Å². The minimum absolute atomic E-state index is 0.141. The zero-order valence-corrected chi connectivity index (χ0v) is 18.4. The number of nitrogens with zero attached hydrogens (tertiary/aromatic N) is 1. The quantitative estimate of drug-likeness (QED) is 0.389. The van der Waals surface area contributed by atoms with Crippen LogP contribution in [0.4, 0.5) is 14.9 Å². The van der Waals surface area contributed by atoms with E-state index in [-0.39, 0.29) is 17.9 Å². The fourth-order valence-electron chi connectivity index (χ4n) is 3.11. The largest absolute Gasteiger partial charge is 0.489 e. The Kier molecular flexibility index (Phi) is 6.44. The van der Waals surface area contributed by atoms with Crippen molar-refractivity contribution in [3.63, 3.8) is 0 Å². The van der Waals surface area contributed by atoms with Gasteiger partial charge in [-0.05, 0) is 60.2 Å². The Bertz CT molecular complexity index is 1270. The molecule has 3 aromatic carbocycles. The first kappa shape index (κ1) is 22.5. The van der Waals surface area contributed by atoms with Crippen LogP contribution in [0.1, 0.15) is 11.1 Å². The third-order valence-electron chi connectivity index (χ3n) is 4.79. The van der Waals surface area contributed by atoms with Crippen LogP contribution in [0.25, 0.3) is 6.08 Å². The smallest absolute Gasteiger partial charge is 0.335 e. The highest BCUT2D eigenvalue weighted by molar-refractivity contribution is 6.39. The number of imide groups is 2. The number of hydrogen-bond donors (Lipinski definition) is 1. The second kappa shape index (κ2) is 9.44. The molecule has 33 heavy (non-hydrogen) atoms. The van der Waals surface area contributed by atoms with E-state index in [1.165, 1.54) is 18.2 Å². The van der Waals surface area contributed by atoms with Gasteiger partial charge in [-0.15, -0.1) is 0 Å². The van der Waals surface area contributed by atoms with Crippen LogP contribution < -0.4 is 15.0 Å². The van der Waals surface area contributed by atoms with Crippen molar-refractivity contribution < 1.29 is 23.5 Å². The van der Waals surface area contributed by atoms with Crippen molar-refractivity contribution in [3.8, 4) is 5.75 Å². The van der Waals surface area contributed by atoms with Gasteiger partial charge in [0.1, 0.15) is 23.7 Å². The molecule has 0 aromatic heterocycles. The number of hydrogen-bond acceptors (Lipinski definition) is 4. The number of ether oxygens (including phenoxy) is 1. The molecule has 0 aliphatic carbocycles. The molecular formula is C24H15Cl2FN2O4. The lowest BCUT2D eigenvalue weighted by molar-refractivity contribution is -0.122. The third-order valence-corrected chi connectivity index (χ3v) is 5.37. The van der Waals surface area contributed by atoms with Crippen LogP contribution in [0.15, 0.2) is 72.3 Å². The Hall–Kier alpha value is -3.68. The van der Waals surface area contributed by atoms with E-state index in [4.69, 9.17) is 27.9 Å². The molecule has 166 valence electrons. The molecule has 3 aromatic rings. The van der Waals surface area contributed by atoms with Crippen LogP contribution >= 0.6 is 23.2 Å². The molecule has 9 heteroatoms. The maximum absolute atomic E-state index is 13.2. The molecule has 6 nitrogen and oxygen atoms in total. The number of nitrogens with one attached hydrogen (secondary N) is 1. The minimum Gasteiger partial charge on any atom is -0.489 e. The van der Waals surface area contributed by atoms with Crippen LogP contribution in [0.3, 0.4) is 0 Å². The average Bonchev–Trinajstić information content (AvgIpc) is 2.78. The standard InChI is InChI=1S/C24H15Cl2FN2O4/c25-16-4-3-15(21(26)12-16)13-33-19-9-1-14(2-10-19)11-20-22(30)28-24(32)29(23(20)31)18-7-5-17(27)6-8-18/h1-12H,13H2,(H,28,30,32)/b20-11+. The first-order valence-electron chi connectivity index (χ1n) is 9.65. The Morgan fingerprint density at radius 1 is 0.939 bits per heavy atom. The van der Waals surface area contributed by atoms with E-state index in [9.17, 15) is 18.8 Å². The van der Waals surface area contributed by atoms with Gasteiger partial charge in [-0.3, -0.25) is 14.9 Å². The van der Waals surface area contributed by atoms with E-state index in [1.807, 2.05) is 0 Å². The molecule has 0 spiro atoms. The van der Waals surface area contributed by atoms with Crippen LogP contribution in [0.2, 0.25) is 10.0 Å². The number of benzene rings is 3. The fourth-order valence-corrected chi connectivity index (χ4v) is 3.57. The summed E-state index contributed by atoms with van der Waals surface area (Å²) in [7, 11) is 0. The topological polar surface area (TPSA) is 75.7 Å². The molecule has 4 rings (SSSR count). The fraction of sp³-hybridized carbons (Fsp3) is 0.0417. The van der Waals surface area contributed by atoms with E-state index >= 15 is 0 Å². The number of amides is 4. The Labute approximate surface area is 198 Å². The Balaban J connectivity index is 1.51. The zero-order chi connectivity index (χ0) is 23.5. The molecular weight excluding hydrogens is 470 g/mol. The van der Waals surface area contributed by atoms with Gasteiger partial charge in [-0.2, -0.15) is 0 Å². The van der Waals surface area contributed by atoms with Crippen molar-refractivity contribution in [3.05, 3.63) is 99.3 Å². The van der Waals surface area contributed by atoms with Gasteiger partial charge in [0.25, 0.3) is 11.8 Å². The van der Waals surface area contributed by atoms with Crippen molar-refractivity contribution in [2.75, 3.05) is 4.90 Å². The number of urea groups is 1. The summed E-state index contributed by atoms with van der Waals surface area (Å²) in [5.41, 5.74) is 1.21. The molecule has 0 saturated carbocycles. The average molecular weight is 485 g/mol. The van der Waals surface area contributed by atoms with Crippen molar-refractivity contribution in [2.45, 2.75) is 6.61 Å². The highest BCUT2D eigenvalue weighted by Crippen LogP contribution is 2.25. The molecule has 0 atom stereocenters. The summed E-state index contributed by atoms with van der Waals surface area (Å²) in [6.45, 7) is 0.228. The van der Waals surface area contributed by atoms with Gasteiger partial charge < -0.3 is 4.74 Å². The first-order chi connectivity index (χ1) is 15.8. The molecule has 1 N–H and O–H groups in total. The third kappa shape index (κ3) is 5.05. The second-order valence-corrected chi connectivity index (χ2v) is 7.87. The number of barbiturate groups is 1. The normalized spacial score (nSPS) is 15.1. The maximum Gasteiger partial charge on any atom is 0.335 e. The van der Waals surface area contributed by atoms with Gasteiger partial charge in [0, 0.05) is 15.6 Å². The molecule has 1 aliphatic rings. The molecule has 1 fully saturated rings. The molecule has 1 heterocycles. The molecule has 4 amide bonds. The summed E-state index contributed by atoms with van der Waals surface area (Å²) >= 11 is 12.0. The van der Waals surface area contributed by atoms with Crippen LogP contribution in [0, 0.1) is 5.82 Å². The van der Waals surface area contributed by atoms with Crippen LogP contribution in [-0.2, 0) is 16.2 Å². The summed E-state index contributed by atoms with van der Waals surface area (Å²) < 4.78 is 18.9. The minimum atomic E-state index is -0.904. The first-order valence-corrected chi connectivity index (χ1v) is 10.4. The van der Waals surface area contributed by atoms with Crippen molar-refractivity contribution in [1.29, 1.82) is 0 Å². The monoisotopic (exact) mass is 484 g/mol. The van der Waals surface area contributed by atoms with Gasteiger partial charge >= 0.3 is 6.03 Å². The highest BCUT2D eigenvalue weighted by Gasteiger charge is 2.36. The molecule has 1 aliphatic heterocycles. The number of halogens is 3. The number of carbonyl (C=O) groups excluding carboxylic acids is 3. The van der Waals surface area contributed by atoms with Gasteiger partial charge in [0.05, 0.1) is 5.69 Å². The molecule has 0 radical (unpaired) electrons. The lowest BCUT2D eigenvalue weighted by Gasteiger charge is -2.26.